The zero-order valence-corrected chi connectivity index (χ0v) is 13.9. The van der Waals surface area contributed by atoms with Crippen molar-refractivity contribution < 1.29 is 4.79 Å². The highest BCUT2D eigenvalue weighted by molar-refractivity contribution is 9.10. The Kier molecular flexibility index (Phi) is 5.61. The molecule has 1 aliphatic heterocycles. The van der Waals surface area contributed by atoms with Gasteiger partial charge in [-0.05, 0) is 67.8 Å². The molecule has 2 rings (SSSR count). The molecule has 1 fully saturated rings. The third-order valence-corrected chi connectivity index (χ3v) is 4.42. The molecule has 1 aromatic carbocycles. The van der Waals surface area contributed by atoms with Gasteiger partial charge in [-0.1, -0.05) is 18.1 Å². The van der Waals surface area contributed by atoms with Gasteiger partial charge in [-0.25, -0.2) is 0 Å². The van der Waals surface area contributed by atoms with Gasteiger partial charge in [-0.3, -0.25) is 4.79 Å². The van der Waals surface area contributed by atoms with Crippen molar-refractivity contribution in [3.05, 3.63) is 33.8 Å². The summed E-state index contributed by atoms with van der Waals surface area (Å²) in [5, 5.41) is 3.10. The summed E-state index contributed by atoms with van der Waals surface area (Å²) in [6.07, 6.45) is 3.90. The van der Waals surface area contributed by atoms with Crippen molar-refractivity contribution in [3.8, 4) is 0 Å². The first-order chi connectivity index (χ1) is 9.56. The van der Waals surface area contributed by atoms with E-state index in [9.17, 15) is 4.79 Å². The molecule has 1 N–H and O–H groups in total. The summed E-state index contributed by atoms with van der Waals surface area (Å²) >= 11 is 3.45. The van der Waals surface area contributed by atoms with E-state index in [-0.39, 0.29) is 11.9 Å². The predicted molar refractivity (Wildman–Crippen MR) is 86.1 cm³/mol. The summed E-state index contributed by atoms with van der Waals surface area (Å²) in [5.41, 5.74) is 1.82. The number of benzene rings is 1. The molecular weight excluding hydrogens is 316 g/mol. The number of nitrogens with one attached hydrogen (secondary N) is 1. The molecule has 1 saturated heterocycles. The quantitative estimate of drug-likeness (QED) is 0.912. The molecule has 1 heterocycles. The fourth-order valence-electron chi connectivity index (χ4n) is 2.69. The SMILES string of the molecule is Cc1ccc(Br)c(C(=O)NC(C)CN2CCCCC2)c1. The predicted octanol–water partition coefficient (Wildman–Crippen LogP) is 3.36. The Bertz CT molecular complexity index is 470. The lowest BCUT2D eigenvalue weighted by Gasteiger charge is -2.29. The van der Waals surface area contributed by atoms with E-state index in [1.54, 1.807) is 0 Å². The average molecular weight is 339 g/mol. The van der Waals surface area contributed by atoms with Crippen LogP contribution in [-0.2, 0) is 0 Å². The largest absolute Gasteiger partial charge is 0.348 e. The topological polar surface area (TPSA) is 32.3 Å². The summed E-state index contributed by atoms with van der Waals surface area (Å²) in [6.45, 7) is 7.34. The van der Waals surface area contributed by atoms with E-state index in [1.165, 1.54) is 19.3 Å². The highest BCUT2D eigenvalue weighted by atomic mass is 79.9. The molecule has 0 saturated carbocycles. The maximum absolute atomic E-state index is 12.3. The first-order valence-corrected chi connectivity index (χ1v) is 8.15. The maximum Gasteiger partial charge on any atom is 0.252 e. The lowest BCUT2D eigenvalue weighted by molar-refractivity contribution is 0.0925. The van der Waals surface area contributed by atoms with Gasteiger partial charge >= 0.3 is 0 Å². The van der Waals surface area contributed by atoms with E-state index in [2.05, 4.69) is 33.1 Å². The van der Waals surface area contributed by atoms with Gasteiger partial charge in [0.2, 0.25) is 0 Å². The number of hydrogen-bond donors (Lipinski definition) is 1. The molecule has 1 atom stereocenters. The first-order valence-electron chi connectivity index (χ1n) is 7.35. The van der Waals surface area contributed by atoms with Crippen molar-refractivity contribution >= 4 is 21.8 Å². The van der Waals surface area contributed by atoms with Crippen molar-refractivity contribution in [2.45, 2.75) is 39.2 Å². The van der Waals surface area contributed by atoms with E-state index in [0.29, 0.717) is 0 Å². The van der Waals surface area contributed by atoms with Gasteiger partial charge < -0.3 is 10.2 Å². The number of aryl methyl sites for hydroxylation is 1. The fraction of sp³-hybridized carbons (Fsp3) is 0.562. The molecule has 0 aromatic heterocycles. The fourth-order valence-corrected chi connectivity index (χ4v) is 3.12. The monoisotopic (exact) mass is 338 g/mol. The van der Waals surface area contributed by atoms with Crippen LogP contribution in [0, 0.1) is 6.92 Å². The van der Waals surface area contributed by atoms with Crippen LogP contribution >= 0.6 is 15.9 Å². The number of rotatable bonds is 4. The number of nitrogens with zero attached hydrogens (tertiary/aromatic N) is 1. The smallest absolute Gasteiger partial charge is 0.252 e. The second-order valence-corrected chi connectivity index (χ2v) is 6.57. The van der Waals surface area contributed by atoms with Gasteiger partial charge in [0, 0.05) is 17.1 Å². The Morgan fingerprint density at radius 2 is 2.05 bits per heavy atom. The molecule has 0 aliphatic carbocycles. The van der Waals surface area contributed by atoms with Crippen molar-refractivity contribution in [1.29, 1.82) is 0 Å². The highest BCUT2D eigenvalue weighted by Gasteiger charge is 2.17. The van der Waals surface area contributed by atoms with Gasteiger partial charge in [0.25, 0.3) is 5.91 Å². The van der Waals surface area contributed by atoms with Crippen LogP contribution < -0.4 is 5.32 Å². The highest BCUT2D eigenvalue weighted by Crippen LogP contribution is 2.18. The number of piperidine rings is 1. The minimum absolute atomic E-state index is 0.00471. The van der Waals surface area contributed by atoms with Crippen molar-refractivity contribution in [3.63, 3.8) is 0 Å². The lowest BCUT2D eigenvalue weighted by atomic mass is 10.1. The number of hydrogen-bond acceptors (Lipinski definition) is 2. The molecule has 20 heavy (non-hydrogen) atoms. The van der Waals surface area contributed by atoms with E-state index in [1.807, 2.05) is 25.1 Å². The van der Waals surface area contributed by atoms with Crippen LogP contribution in [-0.4, -0.2) is 36.5 Å². The van der Waals surface area contributed by atoms with Crippen LogP contribution in [0.3, 0.4) is 0 Å². The Balaban J connectivity index is 1.91. The molecule has 1 amide bonds. The Morgan fingerprint density at radius 3 is 2.75 bits per heavy atom. The van der Waals surface area contributed by atoms with Crippen LogP contribution in [0.1, 0.15) is 42.1 Å². The second-order valence-electron chi connectivity index (χ2n) is 5.72. The van der Waals surface area contributed by atoms with Gasteiger partial charge in [0.15, 0.2) is 0 Å². The maximum atomic E-state index is 12.3. The van der Waals surface area contributed by atoms with E-state index >= 15 is 0 Å². The van der Waals surface area contributed by atoms with Crippen molar-refractivity contribution in [1.82, 2.24) is 10.2 Å². The van der Waals surface area contributed by atoms with Crippen molar-refractivity contribution in [2.75, 3.05) is 19.6 Å². The van der Waals surface area contributed by atoms with Crippen LogP contribution in [0.2, 0.25) is 0 Å². The zero-order chi connectivity index (χ0) is 14.5. The summed E-state index contributed by atoms with van der Waals surface area (Å²) in [6, 6.07) is 6.03. The summed E-state index contributed by atoms with van der Waals surface area (Å²) in [7, 11) is 0. The number of likely N-dealkylation sites (tertiary alicyclic amines) is 1. The molecule has 4 heteroatoms. The van der Waals surface area contributed by atoms with Crippen LogP contribution in [0.25, 0.3) is 0 Å². The number of carbonyl (C=O) groups is 1. The van der Waals surface area contributed by atoms with E-state index < -0.39 is 0 Å². The van der Waals surface area contributed by atoms with E-state index in [4.69, 9.17) is 0 Å². The molecule has 0 bridgehead atoms. The minimum Gasteiger partial charge on any atom is -0.348 e. The summed E-state index contributed by atoms with van der Waals surface area (Å²) in [5.74, 6) is 0.00471. The molecule has 1 unspecified atom stereocenters. The van der Waals surface area contributed by atoms with Gasteiger partial charge in [-0.2, -0.15) is 0 Å². The Hall–Kier alpha value is -0.870. The Labute approximate surface area is 129 Å². The van der Waals surface area contributed by atoms with Gasteiger partial charge in [0.05, 0.1) is 5.56 Å². The molecule has 0 radical (unpaired) electrons. The zero-order valence-electron chi connectivity index (χ0n) is 12.3. The van der Waals surface area contributed by atoms with Gasteiger partial charge in [0.1, 0.15) is 0 Å². The molecular formula is C16H23BrN2O. The lowest BCUT2D eigenvalue weighted by Crippen LogP contribution is -2.43. The number of amides is 1. The average Bonchev–Trinajstić information content (AvgIpc) is 2.42. The number of carbonyl (C=O) groups excluding carboxylic acids is 1. The molecule has 1 aromatic rings. The van der Waals surface area contributed by atoms with Gasteiger partial charge in [-0.15, -0.1) is 0 Å². The third-order valence-electron chi connectivity index (χ3n) is 3.72. The second kappa shape index (κ2) is 7.23. The molecule has 3 nitrogen and oxygen atoms in total. The van der Waals surface area contributed by atoms with Crippen LogP contribution in [0.5, 0.6) is 0 Å². The Morgan fingerprint density at radius 1 is 1.35 bits per heavy atom. The summed E-state index contributed by atoms with van der Waals surface area (Å²) < 4.78 is 0.853. The summed E-state index contributed by atoms with van der Waals surface area (Å²) in [4.78, 5) is 14.8. The van der Waals surface area contributed by atoms with Crippen LogP contribution in [0.15, 0.2) is 22.7 Å². The van der Waals surface area contributed by atoms with Crippen LogP contribution in [0.4, 0.5) is 0 Å². The minimum atomic E-state index is 0.00471. The normalized spacial score (nSPS) is 17.8. The molecule has 0 spiro atoms. The first kappa shape index (κ1) is 15.5. The third kappa shape index (κ3) is 4.32. The molecule has 110 valence electrons. The molecule has 1 aliphatic rings. The van der Waals surface area contributed by atoms with Crippen molar-refractivity contribution in [2.24, 2.45) is 0 Å². The number of halogens is 1. The van der Waals surface area contributed by atoms with E-state index in [0.717, 1.165) is 35.2 Å². The standard InChI is InChI=1S/C16H23BrN2O/c1-12-6-7-15(17)14(10-12)16(20)18-13(2)11-19-8-4-3-5-9-19/h6-7,10,13H,3-5,8-9,11H2,1-2H3,(H,18,20).